The zero-order valence-electron chi connectivity index (χ0n) is 6.91. The van der Waals surface area contributed by atoms with E-state index in [9.17, 15) is 0 Å². The summed E-state index contributed by atoms with van der Waals surface area (Å²) in [6.07, 6.45) is 2.02. The van der Waals surface area contributed by atoms with Gasteiger partial charge in [0.1, 0.15) is 0 Å². The molecule has 54 valence electrons. The third kappa shape index (κ3) is 2.38. The predicted molar refractivity (Wildman–Crippen MR) is 42.9 cm³/mol. The molecule has 0 aromatic carbocycles. The Morgan fingerprint density at radius 2 is 1.78 bits per heavy atom. The van der Waals surface area contributed by atoms with E-state index in [4.69, 9.17) is 0 Å². The van der Waals surface area contributed by atoms with Crippen LogP contribution in [0.25, 0.3) is 0 Å². The van der Waals surface area contributed by atoms with Crippen molar-refractivity contribution in [3.8, 4) is 0 Å². The van der Waals surface area contributed by atoms with Crippen LogP contribution in [-0.4, -0.2) is 0 Å². The van der Waals surface area contributed by atoms with Crippen LogP contribution in [0.4, 0.5) is 0 Å². The van der Waals surface area contributed by atoms with Crippen molar-refractivity contribution in [1.29, 1.82) is 0 Å². The highest BCUT2D eigenvalue weighted by Gasteiger charge is 2.21. The summed E-state index contributed by atoms with van der Waals surface area (Å²) in [6, 6.07) is 0. The van der Waals surface area contributed by atoms with Crippen molar-refractivity contribution in [2.45, 2.75) is 33.6 Å². The summed E-state index contributed by atoms with van der Waals surface area (Å²) in [5.41, 5.74) is 0.377. The second kappa shape index (κ2) is 3.24. The highest BCUT2D eigenvalue weighted by Crippen LogP contribution is 2.31. The topological polar surface area (TPSA) is 0 Å². The summed E-state index contributed by atoms with van der Waals surface area (Å²) < 4.78 is 0. The molecule has 0 heterocycles. The molecule has 0 saturated heterocycles. The molecule has 0 rings (SSSR count). The Labute approximate surface area is 59.7 Å². The van der Waals surface area contributed by atoms with Gasteiger partial charge in [-0.25, -0.2) is 0 Å². The average molecular weight is 126 g/mol. The Balaban J connectivity index is 3.80. The fourth-order valence-corrected chi connectivity index (χ4v) is 0.637. The summed E-state index contributed by atoms with van der Waals surface area (Å²) in [4.78, 5) is 0. The number of hydrogen-bond acceptors (Lipinski definition) is 0. The van der Waals surface area contributed by atoms with E-state index in [2.05, 4.69) is 34.6 Å². The Kier molecular flexibility index (Phi) is 3.24. The molecule has 0 aromatic rings. The molecule has 0 aliphatic rings. The van der Waals surface area contributed by atoms with E-state index in [1.54, 1.807) is 0 Å². The highest BCUT2D eigenvalue weighted by atomic mass is 14.3. The molecule has 2 radical (unpaired) electrons. The molecule has 0 nitrogen and oxygen atoms in total. The Morgan fingerprint density at radius 3 is 1.89 bits per heavy atom. The minimum Gasteiger partial charge on any atom is -0.0620 e. The van der Waals surface area contributed by atoms with Crippen molar-refractivity contribution in [1.82, 2.24) is 0 Å². The first-order valence-electron chi connectivity index (χ1n) is 3.63. The second-order valence-electron chi connectivity index (χ2n) is 3.43. The molecule has 0 aliphatic carbocycles. The summed E-state index contributed by atoms with van der Waals surface area (Å²) in [5, 5.41) is 0. The molecule has 0 aromatic heterocycles. The van der Waals surface area contributed by atoms with E-state index < -0.39 is 0 Å². The fourth-order valence-electron chi connectivity index (χ4n) is 0.637. The van der Waals surface area contributed by atoms with Gasteiger partial charge in [-0.2, -0.15) is 0 Å². The lowest BCUT2D eigenvalue weighted by Crippen LogP contribution is -2.19. The van der Waals surface area contributed by atoms with Crippen LogP contribution in [-0.2, 0) is 0 Å². The van der Waals surface area contributed by atoms with Crippen LogP contribution in [0, 0.1) is 25.2 Å². The maximum atomic E-state index is 3.90. The van der Waals surface area contributed by atoms with Crippen molar-refractivity contribution < 1.29 is 0 Å². The molecule has 0 saturated carbocycles. The SMILES string of the molecule is [CH2]CC(C)C(C)(C)C[CH2]. The van der Waals surface area contributed by atoms with Gasteiger partial charge in [0.15, 0.2) is 0 Å². The van der Waals surface area contributed by atoms with Gasteiger partial charge in [0, 0.05) is 0 Å². The standard InChI is InChI=1S/C9H18/c1-6-8(3)9(4,5)7-2/h8H,1-2,6-7H2,3-5H3. The first-order chi connectivity index (χ1) is 4.04. The largest absolute Gasteiger partial charge is 0.0620 e. The summed E-state index contributed by atoms with van der Waals surface area (Å²) in [5.74, 6) is 0.690. The minimum absolute atomic E-state index is 0.377. The molecule has 9 heavy (non-hydrogen) atoms. The fraction of sp³-hybridized carbons (Fsp3) is 0.778. The van der Waals surface area contributed by atoms with E-state index in [1.165, 1.54) is 0 Å². The molecule has 0 aliphatic heterocycles. The summed E-state index contributed by atoms with van der Waals surface area (Å²) in [7, 11) is 0. The number of rotatable bonds is 3. The highest BCUT2D eigenvalue weighted by molar-refractivity contribution is 4.76. The van der Waals surface area contributed by atoms with Gasteiger partial charge in [-0.15, -0.1) is 0 Å². The summed E-state index contributed by atoms with van der Waals surface area (Å²) in [6.45, 7) is 14.5. The predicted octanol–water partition coefficient (Wildman–Crippen LogP) is 3.10. The van der Waals surface area contributed by atoms with E-state index in [-0.39, 0.29) is 0 Å². The van der Waals surface area contributed by atoms with Gasteiger partial charge in [-0.1, -0.05) is 41.0 Å². The zero-order valence-corrected chi connectivity index (χ0v) is 6.91. The van der Waals surface area contributed by atoms with Crippen LogP contribution in [0.15, 0.2) is 0 Å². The van der Waals surface area contributed by atoms with Crippen LogP contribution >= 0.6 is 0 Å². The van der Waals surface area contributed by atoms with Gasteiger partial charge in [0.05, 0.1) is 0 Å². The van der Waals surface area contributed by atoms with E-state index in [1.807, 2.05) is 0 Å². The molecular weight excluding hydrogens is 108 g/mol. The molecule has 1 atom stereocenters. The van der Waals surface area contributed by atoms with Gasteiger partial charge in [0.2, 0.25) is 0 Å². The molecule has 0 amide bonds. The zero-order chi connectivity index (χ0) is 7.49. The molecule has 0 N–H and O–H groups in total. The van der Waals surface area contributed by atoms with E-state index in [0.717, 1.165) is 12.8 Å². The van der Waals surface area contributed by atoms with Crippen molar-refractivity contribution in [2.75, 3.05) is 0 Å². The van der Waals surface area contributed by atoms with Crippen LogP contribution in [0.3, 0.4) is 0 Å². The van der Waals surface area contributed by atoms with Crippen molar-refractivity contribution in [2.24, 2.45) is 11.3 Å². The first kappa shape index (κ1) is 9.00. The van der Waals surface area contributed by atoms with Gasteiger partial charge in [0.25, 0.3) is 0 Å². The lowest BCUT2D eigenvalue weighted by Gasteiger charge is -2.29. The number of hydrogen-bond donors (Lipinski definition) is 0. The van der Waals surface area contributed by atoms with Gasteiger partial charge < -0.3 is 0 Å². The quantitative estimate of drug-likeness (QED) is 0.545. The third-order valence-electron chi connectivity index (χ3n) is 2.41. The molecule has 0 spiro atoms. The third-order valence-corrected chi connectivity index (χ3v) is 2.41. The van der Waals surface area contributed by atoms with E-state index >= 15 is 0 Å². The van der Waals surface area contributed by atoms with Gasteiger partial charge in [-0.3, -0.25) is 0 Å². The average Bonchev–Trinajstić information content (AvgIpc) is 1.86. The molecule has 0 fully saturated rings. The normalized spacial score (nSPS) is 15.7. The van der Waals surface area contributed by atoms with Crippen LogP contribution in [0.2, 0.25) is 0 Å². The smallest absolute Gasteiger partial charge is 0.0329 e. The van der Waals surface area contributed by atoms with Crippen molar-refractivity contribution >= 4 is 0 Å². The van der Waals surface area contributed by atoms with Gasteiger partial charge >= 0.3 is 0 Å². The van der Waals surface area contributed by atoms with Crippen LogP contribution in [0.1, 0.15) is 33.6 Å². The maximum absolute atomic E-state index is 3.90. The van der Waals surface area contributed by atoms with Gasteiger partial charge in [-0.05, 0) is 17.8 Å². The summed E-state index contributed by atoms with van der Waals surface area (Å²) >= 11 is 0. The lowest BCUT2D eigenvalue weighted by atomic mass is 9.77. The Bertz CT molecular complexity index is 72.1. The molecule has 0 heteroatoms. The maximum Gasteiger partial charge on any atom is -0.0329 e. The van der Waals surface area contributed by atoms with Crippen molar-refractivity contribution in [3.63, 3.8) is 0 Å². The lowest BCUT2D eigenvalue weighted by molar-refractivity contribution is 0.234. The van der Waals surface area contributed by atoms with E-state index in [0.29, 0.717) is 11.3 Å². The molecule has 0 bridgehead atoms. The second-order valence-corrected chi connectivity index (χ2v) is 3.43. The molecule has 1 unspecified atom stereocenters. The monoisotopic (exact) mass is 126 g/mol. The molecular formula is C9H18. The minimum atomic E-state index is 0.377. The first-order valence-corrected chi connectivity index (χ1v) is 3.63. The Hall–Kier alpha value is 0. The van der Waals surface area contributed by atoms with Crippen LogP contribution < -0.4 is 0 Å². The van der Waals surface area contributed by atoms with Crippen molar-refractivity contribution in [3.05, 3.63) is 13.8 Å². The van der Waals surface area contributed by atoms with Crippen LogP contribution in [0.5, 0.6) is 0 Å². The Morgan fingerprint density at radius 1 is 1.33 bits per heavy atom.